The Morgan fingerprint density at radius 2 is 1.89 bits per heavy atom. The molecule has 2 N–H and O–H groups in total. The van der Waals surface area contributed by atoms with Crippen LogP contribution in [0, 0.1) is 0 Å². The molecule has 0 aromatic rings. The number of carbonyl (C=O) groups is 1. The van der Waals surface area contributed by atoms with E-state index in [-0.39, 0.29) is 0 Å². The quantitative estimate of drug-likeness (QED) is 0.546. The number of hydrogen-bond acceptors (Lipinski definition) is 3. The maximum absolute atomic E-state index is 10.7. The van der Waals surface area contributed by atoms with Crippen LogP contribution in [0.2, 0.25) is 0 Å². The maximum Gasteiger partial charge on any atom is 0.340 e. The first kappa shape index (κ1) is 8.66. The zero-order chi connectivity index (χ0) is 7.65. The summed E-state index contributed by atoms with van der Waals surface area (Å²) in [4.78, 5) is 9.92. The minimum absolute atomic E-state index is 1.23. The molecule has 0 aliphatic heterocycles. The van der Waals surface area contributed by atoms with Crippen LogP contribution < -0.4 is 0 Å². The van der Waals surface area contributed by atoms with Crippen molar-refractivity contribution in [1.29, 1.82) is 0 Å². The van der Waals surface area contributed by atoms with Crippen molar-refractivity contribution in [2.45, 2.75) is 5.85 Å². The molecular weight excluding hydrogens is 143 g/mol. The molecule has 4 nitrogen and oxygen atoms in total. The number of aliphatic carboxylic acids is 1. The largest absolute Gasteiger partial charge is 0.479 e. The van der Waals surface area contributed by atoms with Gasteiger partial charge in [0.05, 0.1) is 0 Å². The highest BCUT2D eigenvalue weighted by Gasteiger charge is 2.26. The molecule has 0 aliphatic rings. The van der Waals surface area contributed by atoms with Gasteiger partial charge in [-0.1, -0.05) is 0 Å². The van der Waals surface area contributed by atoms with E-state index in [1.165, 1.54) is 13.3 Å². The van der Waals surface area contributed by atoms with Gasteiger partial charge in [0, 0.05) is 0 Å². The molecule has 0 spiro atoms. The molecule has 0 unspecified atom stereocenters. The van der Waals surface area contributed by atoms with E-state index < -0.39 is 19.0 Å². The normalized spacial score (nSPS) is 15.0. The fourth-order valence-electron chi connectivity index (χ4n) is 0.266. The topological polar surface area (TPSA) is 74.6 Å². The molecule has 0 bridgehead atoms. The predicted molar refractivity (Wildman–Crippen MR) is 33.1 cm³/mol. The fourth-order valence-corrected chi connectivity index (χ4v) is 0.798. The molecule has 0 aliphatic carbocycles. The Balaban J connectivity index is 4.23. The SMILES string of the molecule is CP(C)(=O)[C@@H](O)C(=O)O. The highest BCUT2D eigenvalue weighted by molar-refractivity contribution is 7.63. The van der Waals surface area contributed by atoms with Gasteiger partial charge in [0.1, 0.15) is 7.14 Å². The van der Waals surface area contributed by atoms with Gasteiger partial charge in [-0.15, -0.1) is 0 Å². The second-order valence-electron chi connectivity index (χ2n) is 2.15. The molecule has 0 saturated carbocycles. The molecule has 0 rings (SSSR count). The van der Waals surface area contributed by atoms with Crippen LogP contribution in [0.25, 0.3) is 0 Å². The summed E-state index contributed by atoms with van der Waals surface area (Å²) in [7, 11) is -2.86. The summed E-state index contributed by atoms with van der Waals surface area (Å²) in [6.45, 7) is 2.46. The van der Waals surface area contributed by atoms with Crippen molar-refractivity contribution in [2.75, 3.05) is 13.3 Å². The third kappa shape index (κ3) is 2.63. The van der Waals surface area contributed by atoms with Crippen molar-refractivity contribution < 1.29 is 19.6 Å². The summed E-state index contributed by atoms with van der Waals surface area (Å²) in [6.07, 6.45) is 0. The second kappa shape index (κ2) is 2.50. The van der Waals surface area contributed by atoms with Crippen LogP contribution in [-0.2, 0) is 9.36 Å². The van der Waals surface area contributed by atoms with Crippen LogP contribution >= 0.6 is 7.14 Å². The number of carboxylic acids is 1. The average Bonchev–Trinajstić information content (AvgIpc) is 1.62. The van der Waals surface area contributed by atoms with Crippen molar-refractivity contribution in [1.82, 2.24) is 0 Å². The maximum atomic E-state index is 10.7. The molecular formula is C4H9O4P. The van der Waals surface area contributed by atoms with Crippen LogP contribution in [0.3, 0.4) is 0 Å². The van der Waals surface area contributed by atoms with Gasteiger partial charge in [0.15, 0.2) is 0 Å². The van der Waals surface area contributed by atoms with E-state index in [1.54, 1.807) is 0 Å². The van der Waals surface area contributed by atoms with Crippen LogP contribution in [0.15, 0.2) is 0 Å². The van der Waals surface area contributed by atoms with E-state index in [2.05, 4.69) is 0 Å². The lowest BCUT2D eigenvalue weighted by Gasteiger charge is -2.08. The predicted octanol–water partition coefficient (Wildman–Crippen LogP) is 0.0121. The van der Waals surface area contributed by atoms with Gasteiger partial charge >= 0.3 is 5.97 Å². The average molecular weight is 152 g/mol. The summed E-state index contributed by atoms with van der Waals surface area (Å²) >= 11 is 0. The Morgan fingerprint density at radius 1 is 1.56 bits per heavy atom. The number of hydrogen-bond donors (Lipinski definition) is 2. The lowest BCUT2D eigenvalue weighted by Crippen LogP contribution is -2.18. The number of aliphatic hydroxyl groups is 1. The molecule has 0 heterocycles. The van der Waals surface area contributed by atoms with Crippen molar-refractivity contribution >= 4 is 13.1 Å². The first-order valence-electron chi connectivity index (χ1n) is 2.31. The van der Waals surface area contributed by atoms with E-state index in [4.69, 9.17) is 10.2 Å². The van der Waals surface area contributed by atoms with Crippen molar-refractivity contribution in [3.8, 4) is 0 Å². The smallest absolute Gasteiger partial charge is 0.340 e. The monoisotopic (exact) mass is 152 g/mol. The standard InChI is InChI=1S/C4H9O4P/c1-9(2,8)4(7)3(5)6/h4,7H,1-2H3,(H,5,6)/t4-/m1/s1. The second-order valence-corrected chi connectivity index (χ2v) is 5.50. The summed E-state index contributed by atoms with van der Waals surface area (Å²) < 4.78 is 10.7. The Morgan fingerprint density at radius 3 is 1.89 bits per heavy atom. The third-order valence-corrected chi connectivity index (χ3v) is 2.21. The fraction of sp³-hybridized carbons (Fsp3) is 0.750. The molecule has 1 atom stereocenters. The van der Waals surface area contributed by atoms with Crippen molar-refractivity contribution in [3.63, 3.8) is 0 Å². The Bertz CT molecular complexity index is 158. The number of aliphatic hydroxyl groups excluding tert-OH is 1. The summed E-state index contributed by atoms with van der Waals surface area (Å²) in [5.74, 6) is -3.14. The van der Waals surface area contributed by atoms with Gasteiger partial charge in [-0.05, 0) is 13.3 Å². The number of carboxylic acid groups (broad SMARTS) is 1. The lowest BCUT2D eigenvalue weighted by molar-refractivity contribution is -0.142. The molecule has 0 amide bonds. The Kier molecular flexibility index (Phi) is 2.40. The van der Waals surface area contributed by atoms with Gasteiger partial charge in [-0.25, -0.2) is 4.79 Å². The Hall–Kier alpha value is -0.340. The van der Waals surface area contributed by atoms with Crippen LogP contribution in [0.4, 0.5) is 0 Å². The van der Waals surface area contributed by atoms with Crippen molar-refractivity contribution in [2.24, 2.45) is 0 Å². The van der Waals surface area contributed by atoms with E-state index in [0.29, 0.717) is 0 Å². The molecule has 5 heteroatoms. The molecule has 54 valence electrons. The molecule has 9 heavy (non-hydrogen) atoms. The highest BCUT2D eigenvalue weighted by Crippen LogP contribution is 2.40. The third-order valence-electron chi connectivity index (χ3n) is 0.810. The van der Waals surface area contributed by atoms with E-state index in [9.17, 15) is 9.36 Å². The Labute approximate surface area is 52.9 Å². The number of rotatable bonds is 2. The summed E-state index contributed by atoms with van der Waals surface area (Å²) in [5, 5.41) is 16.7. The summed E-state index contributed by atoms with van der Waals surface area (Å²) in [6, 6.07) is 0. The summed E-state index contributed by atoms with van der Waals surface area (Å²) in [5.41, 5.74) is 0. The molecule has 0 saturated heterocycles. The van der Waals surface area contributed by atoms with Gasteiger partial charge in [-0.2, -0.15) is 0 Å². The molecule has 0 fully saturated rings. The minimum Gasteiger partial charge on any atom is -0.479 e. The van der Waals surface area contributed by atoms with E-state index >= 15 is 0 Å². The van der Waals surface area contributed by atoms with Gasteiger partial charge in [0.25, 0.3) is 0 Å². The van der Waals surface area contributed by atoms with Gasteiger partial charge in [0.2, 0.25) is 5.85 Å². The highest BCUT2D eigenvalue weighted by atomic mass is 31.2. The zero-order valence-electron chi connectivity index (χ0n) is 5.24. The zero-order valence-corrected chi connectivity index (χ0v) is 6.13. The molecule has 0 aromatic heterocycles. The minimum atomic E-state index is -2.86. The van der Waals surface area contributed by atoms with E-state index in [1.807, 2.05) is 0 Å². The first-order chi connectivity index (χ1) is 3.85. The van der Waals surface area contributed by atoms with Crippen molar-refractivity contribution in [3.05, 3.63) is 0 Å². The van der Waals surface area contributed by atoms with Gasteiger partial charge < -0.3 is 14.8 Å². The van der Waals surface area contributed by atoms with Crippen LogP contribution in [0.1, 0.15) is 0 Å². The molecule has 0 radical (unpaired) electrons. The van der Waals surface area contributed by atoms with Crippen LogP contribution in [-0.4, -0.2) is 35.4 Å². The van der Waals surface area contributed by atoms with Crippen LogP contribution in [0.5, 0.6) is 0 Å². The first-order valence-corrected chi connectivity index (χ1v) is 4.98. The van der Waals surface area contributed by atoms with E-state index in [0.717, 1.165) is 0 Å². The van der Waals surface area contributed by atoms with Gasteiger partial charge in [-0.3, -0.25) is 0 Å². The molecule has 0 aromatic carbocycles. The lowest BCUT2D eigenvalue weighted by atomic mass is 10.7.